The van der Waals surface area contributed by atoms with E-state index < -0.39 is 23.8 Å². The Morgan fingerprint density at radius 1 is 1.53 bits per heavy atom. The molecule has 0 aromatic rings. The Bertz CT molecular complexity index is 277. The van der Waals surface area contributed by atoms with Gasteiger partial charge in [0.05, 0.1) is 12.1 Å². The van der Waals surface area contributed by atoms with Crippen LogP contribution in [-0.2, 0) is 4.74 Å². The van der Waals surface area contributed by atoms with Gasteiger partial charge < -0.3 is 26.0 Å². The first-order valence-electron chi connectivity index (χ1n) is 5.78. The third-order valence-electron chi connectivity index (χ3n) is 2.81. The Hall–Kier alpha value is -0.850. The first-order valence-corrected chi connectivity index (χ1v) is 5.78. The topological polar surface area (TPSA) is 105 Å². The number of aliphatic hydroxyl groups excluding tert-OH is 2. The van der Waals surface area contributed by atoms with Crippen LogP contribution in [0.25, 0.3) is 0 Å². The quantitative estimate of drug-likeness (QED) is 0.529. The van der Waals surface area contributed by atoms with Crippen molar-refractivity contribution in [3.05, 3.63) is 0 Å². The second-order valence-electron chi connectivity index (χ2n) is 5.50. The van der Waals surface area contributed by atoms with E-state index in [1.54, 1.807) is 20.8 Å². The van der Waals surface area contributed by atoms with Crippen LogP contribution in [0.4, 0.5) is 4.79 Å². The van der Waals surface area contributed by atoms with Crippen LogP contribution in [0.5, 0.6) is 0 Å². The smallest absolute Gasteiger partial charge is 0.408 e. The summed E-state index contributed by atoms with van der Waals surface area (Å²) in [6.45, 7) is 5.14. The molecule has 6 nitrogen and oxygen atoms in total. The summed E-state index contributed by atoms with van der Waals surface area (Å²) in [6.07, 6.45) is -0.948. The number of amides is 1. The molecule has 6 heteroatoms. The van der Waals surface area contributed by atoms with Crippen molar-refractivity contribution in [1.29, 1.82) is 0 Å². The van der Waals surface area contributed by atoms with Crippen LogP contribution in [0.1, 0.15) is 27.2 Å². The Labute approximate surface area is 101 Å². The second-order valence-corrected chi connectivity index (χ2v) is 5.50. The van der Waals surface area contributed by atoms with Crippen molar-refractivity contribution >= 4 is 6.09 Å². The van der Waals surface area contributed by atoms with Gasteiger partial charge in [-0.3, -0.25) is 0 Å². The minimum absolute atomic E-state index is 0.138. The van der Waals surface area contributed by atoms with Gasteiger partial charge in [-0.25, -0.2) is 4.79 Å². The van der Waals surface area contributed by atoms with Crippen molar-refractivity contribution < 1.29 is 19.7 Å². The third kappa shape index (κ3) is 3.83. The van der Waals surface area contributed by atoms with Gasteiger partial charge in [0.15, 0.2) is 0 Å². The molecular weight excluding hydrogens is 224 g/mol. The minimum atomic E-state index is -0.831. The number of carbonyl (C=O) groups excluding carboxylic acids is 1. The summed E-state index contributed by atoms with van der Waals surface area (Å²) in [5, 5.41) is 21.4. The molecule has 0 aromatic heterocycles. The number of hydrogen-bond acceptors (Lipinski definition) is 5. The van der Waals surface area contributed by atoms with Crippen LogP contribution >= 0.6 is 0 Å². The van der Waals surface area contributed by atoms with Crippen molar-refractivity contribution in [2.45, 2.75) is 51.0 Å². The standard InChI is InChI=1S/C11H22N2O4/c1-11(2,3)17-10(16)13-8-7(12)4-6(5-14)9(8)15/h6-9,14-15H,4-5,12H2,1-3H3,(H,13,16)/t6-,7-,8+,9-/m1/s1. The number of alkyl carbamates (subject to hydrolysis) is 1. The molecule has 0 unspecified atom stereocenters. The van der Waals surface area contributed by atoms with Gasteiger partial charge in [0.2, 0.25) is 0 Å². The molecule has 4 atom stereocenters. The van der Waals surface area contributed by atoms with Gasteiger partial charge in [-0.15, -0.1) is 0 Å². The normalized spacial score (nSPS) is 33.5. The number of aliphatic hydroxyl groups is 2. The number of nitrogens with one attached hydrogen (secondary N) is 1. The van der Waals surface area contributed by atoms with E-state index in [2.05, 4.69) is 5.32 Å². The SMILES string of the molecule is CC(C)(C)OC(=O)N[C@@H]1[C@H](O)[C@@H](CO)C[C@H]1N. The third-order valence-corrected chi connectivity index (χ3v) is 2.81. The summed E-state index contributed by atoms with van der Waals surface area (Å²) < 4.78 is 5.09. The summed E-state index contributed by atoms with van der Waals surface area (Å²) in [6, 6.07) is -0.934. The lowest BCUT2D eigenvalue weighted by molar-refractivity contribution is 0.0367. The van der Waals surface area contributed by atoms with E-state index in [0.717, 1.165) is 0 Å². The van der Waals surface area contributed by atoms with E-state index in [0.29, 0.717) is 6.42 Å². The van der Waals surface area contributed by atoms with Crippen LogP contribution < -0.4 is 11.1 Å². The maximum Gasteiger partial charge on any atom is 0.408 e. The summed E-state index contributed by atoms with van der Waals surface area (Å²) in [7, 11) is 0. The van der Waals surface area contributed by atoms with Gasteiger partial charge in [-0.1, -0.05) is 0 Å². The lowest BCUT2D eigenvalue weighted by atomic mass is 10.1. The Kier molecular flexibility index (Phi) is 4.35. The summed E-state index contributed by atoms with van der Waals surface area (Å²) in [4.78, 5) is 11.5. The molecule has 1 aliphatic rings. The number of ether oxygens (including phenoxy) is 1. The zero-order valence-electron chi connectivity index (χ0n) is 10.5. The van der Waals surface area contributed by atoms with Gasteiger partial charge >= 0.3 is 6.09 Å². The van der Waals surface area contributed by atoms with E-state index >= 15 is 0 Å². The van der Waals surface area contributed by atoms with Gasteiger partial charge in [0.1, 0.15) is 5.60 Å². The zero-order valence-corrected chi connectivity index (χ0v) is 10.5. The Balaban J connectivity index is 2.54. The predicted octanol–water partition coefficient (Wildman–Crippen LogP) is -0.420. The monoisotopic (exact) mass is 246 g/mol. The Morgan fingerprint density at radius 3 is 2.53 bits per heavy atom. The maximum atomic E-state index is 11.5. The van der Waals surface area contributed by atoms with E-state index in [9.17, 15) is 9.90 Å². The molecule has 1 amide bonds. The minimum Gasteiger partial charge on any atom is -0.444 e. The molecule has 5 N–H and O–H groups in total. The molecule has 0 radical (unpaired) electrons. The number of carbonyl (C=O) groups is 1. The van der Waals surface area contributed by atoms with Crippen LogP contribution in [0.2, 0.25) is 0 Å². The summed E-state index contributed by atoms with van der Waals surface area (Å²) in [5.41, 5.74) is 5.22. The van der Waals surface area contributed by atoms with Gasteiger partial charge in [0.25, 0.3) is 0 Å². The fourth-order valence-corrected chi connectivity index (χ4v) is 2.00. The molecule has 1 aliphatic carbocycles. The molecule has 100 valence electrons. The van der Waals surface area contributed by atoms with Crippen molar-refractivity contribution in [3.8, 4) is 0 Å². The molecule has 0 heterocycles. The van der Waals surface area contributed by atoms with Crippen LogP contribution in [0, 0.1) is 5.92 Å². The molecule has 0 saturated heterocycles. The molecule has 0 bridgehead atoms. The van der Waals surface area contributed by atoms with E-state index in [1.807, 2.05) is 0 Å². The van der Waals surface area contributed by atoms with E-state index in [1.165, 1.54) is 0 Å². The molecule has 0 aliphatic heterocycles. The summed E-state index contributed by atoms with van der Waals surface area (Å²) >= 11 is 0. The number of hydrogen-bond donors (Lipinski definition) is 4. The second kappa shape index (κ2) is 5.20. The van der Waals surface area contributed by atoms with Gasteiger partial charge in [-0.05, 0) is 27.2 Å². The average Bonchev–Trinajstić information content (AvgIpc) is 2.42. The lowest BCUT2D eigenvalue weighted by Gasteiger charge is -2.25. The van der Waals surface area contributed by atoms with E-state index in [-0.39, 0.29) is 18.6 Å². The highest BCUT2D eigenvalue weighted by Gasteiger charge is 2.41. The van der Waals surface area contributed by atoms with Crippen LogP contribution in [0.3, 0.4) is 0 Å². The van der Waals surface area contributed by atoms with Crippen LogP contribution in [-0.4, -0.2) is 46.7 Å². The molecule has 1 fully saturated rings. The highest BCUT2D eigenvalue weighted by atomic mass is 16.6. The van der Waals surface area contributed by atoms with Gasteiger partial charge in [-0.2, -0.15) is 0 Å². The fraction of sp³-hybridized carbons (Fsp3) is 0.909. The van der Waals surface area contributed by atoms with Crippen molar-refractivity contribution in [2.75, 3.05) is 6.61 Å². The zero-order chi connectivity index (χ0) is 13.2. The highest BCUT2D eigenvalue weighted by molar-refractivity contribution is 5.68. The first kappa shape index (κ1) is 14.2. The van der Waals surface area contributed by atoms with Crippen molar-refractivity contribution in [3.63, 3.8) is 0 Å². The van der Waals surface area contributed by atoms with Crippen molar-refractivity contribution in [2.24, 2.45) is 11.7 Å². The molecule has 1 saturated carbocycles. The molecule has 1 rings (SSSR count). The molecule has 17 heavy (non-hydrogen) atoms. The molecular formula is C11H22N2O4. The maximum absolute atomic E-state index is 11.5. The van der Waals surface area contributed by atoms with E-state index in [4.69, 9.17) is 15.6 Å². The highest BCUT2D eigenvalue weighted by Crippen LogP contribution is 2.25. The number of nitrogens with two attached hydrogens (primary N) is 1. The van der Waals surface area contributed by atoms with Crippen LogP contribution in [0.15, 0.2) is 0 Å². The predicted molar refractivity (Wildman–Crippen MR) is 62.3 cm³/mol. The molecule has 0 spiro atoms. The van der Waals surface area contributed by atoms with Gasteiger partial charge in [0, 0.05) is 18.6 Å². The largest absolute Gasteiger partial charge is 0.444 e. The summed E-state index contributed by atoms with van der Waals surface area (Å²) in [5.74, 6) is -0.287. The Morgan fingerprint density at radius 2 is 2.12 bits per heavy atom. The molecule has 0 aromatic carbocycles. The average molecular weight is 246 g/mol. The van der Waals surface area contributed by atoms with Crippen molar-refractivity contribution in [1.82, 2.24) is 5.32 Å². The number of rotatable bonds is 2. The lowest BCUT2D eigenvalue weighted by Crippen LogP contribution is -2.51. The first-order chi connectivity index (χ1) is 7.74. The fourth-order valence-electron chi connectivity index (χ4n) is 2.00.